The van der Waals surface area contributed by atoms with Gasteiger partial charge in [-0.15, -0.1) is 0 Å². The standard InChI is InChI=1S/C19H22Cl2N2O5S/c1-13-4-6-15(11-16(13)21)28-9-8-22-19(24)12-23(29(3,25)26)17-10-14(20)5-7-18(17)27-2/h4-7,10-11H,8-9,12H2,1-3H3,(H,22,24). The van der Waals surface area contributed by atoms with E-state index in [9.17, 15) is 13.2 Å². The van der Waals surface area contributed by atoms with Crippen molar-refractivity contribution in [2.24, 2.45) is 0 Å². The van der Waals surface area contributed by atoms with E-state index in [0.29, 0.717) is 15.8 Å². The van der Waals surface area contributed by atoms with Crippen molar-refractivity contribution in [3.05, 3.63) is 52.0 Å². The minimum Gasteiger partial charge on any atom is -0.495 e. The molecule has 0 saturated carbocycles. The van der Waals surface area contributed by atoms with Gasteiger partial charge in [0.2, 0.25) is 15.9 Å². The molecule has 7 nitrogen and oxygen atoms in total. The number of carbonyl (C=O) groups is 1. The second-order valence-corrected chi connectivity index (χ2v) is 8.95. The first-order valence-corrected chi connectivity index (χ1v) is 11.2. The van der Waals surface area contributed by atoms with Crippen molar-refractivity contribution in [1.29, 1.82) is 0 Å². The summed E-state index contributed by atoms with van der Waals surface area (Å²) in [6.07, 6.45) is 1.00. The molecule has 29 heavy (non-hydrogen) atoms. The second-order valence-electron chi connectivity index (χ2n) is 6.20. The van der Waals surface area contributed by atoms with E-state index in [4.69, 9.17) is 32.7 Å². The van der Waals surface area contributed by atoms with Crippen LogP contribution in [0.2, 0.25) is 10.0 Å². The lowest BCUT2D eigenvalue weighted by molar-refractivity contribution is -0.119. The van der Waals surface area contributed by atoms with Gasteiger partial charge in [-0.1, -0.05) is 29.3 Å². The van der Waals surface area contributed by atoms with E-state index >= 15 is 0 Å². The number of benzene rings is 2. The Kier molecular flexibility index (Phi) is 8.01. The van der Waals surface area contributed by atoms with E-state index in [1.54, 1.807) is 18.2 Å². The number of halogens is 2. The van der Waals surface area contributed by atoms with Crippen LogP contribution in [-0.4, -0.2) is 47.4 Å². The lowest BCUT2D eigenvalue weighted by Gasteiger charge is -2.24. The molecular formula is C19H22Cl2N2O5S. The lowest BCUT2D eigenvalue weighted by atomic mass is 10.2. The minimum atomic E-state index is -3.76. The van der Waals surface area contributed by atoms with Crippen LogP contribution < -0.4 is 19.1 Å². The minimum absolute atomic E-state index is 0.184. The quantitative estimate of drug-likeness (QED) is 0.580. The fourth-order valence-electron chi connectivity index (χ4n) is 2.45. The predicted octanol–water partition coefficient (Wildman–Crippen LogP) is 3.27. The van der Waals surface area contributed by atoms with Gasteiger partial charge in [0.25, 0.3) is 0 Å². The summed E-state index contributed by atoms with van der Waals surface area (Å²) in [5, 5.41) is 3.53. The Bertz CT molecular complexity index is 983. The van der Waals surface area contributed by atoms with Gasteiger partial charge in [0.05, 0.1) is 25.6 Å². The molecule has 0 aliphatic rings. The molecule has 0 aromatic heterocycles. The maximum absolute atomic E-state index is 12.3. The molecule has 2 rings (SSSR count). The third-order valence-corrected chi connectivity index (χ3v) is 5.70. The van der Waals surface area contributed by atoms with E-state index in [0.717, 1.165) is 16.1 Å². The highest BCUT2D eigenvalue weighted by Crippen LogP contribution is 2.32. The molecule has 0 atom stereocenters. The van der Waals surface area contributed by atoms with Crippen molar-refractivity contribution in [3.63, 3.8) is 0 Å². The predicted molar refractivity (Wildman–Crippen MR) is 115 cm³/mol. The SMILES string of the molecule is COc1ccc(Cl)cc1N(CC(=O)NCCOc1ccc(C)c(Cl)c1)S(C)(=O)=O. The van der Waals surface area contributed by atoms with Crippen molar-refractivity contribution >= 4 is 44.8 Å². The number of sulfonamides is 1. The molecule has 1 amide bonds. The van der Waals surface area contributed by atoms with Crippen LogP contribution in [0.3, 0.4) is 0 Å². The van der Waals surface area contributed by atoms with Crippen molar-refractivity contribution in [2.75, 3.05) is 37.4 Å². The molecule has 1 N–H and O–H groups in total. The van der Waals surface area contributed by atoms with Gasteiger partial charge in [-0.05, 0) is 42.8 Å². The van der Waals surface area contributed by atoms with E-state index < -0.39 is 22.5 Å². The van der Waals surface area contributed by atoms with Crippen molar-refractivity contribution in [1.82, 2.24) is 5.32 Å². The van der Waals surface area contributed by atoms with Crippen LogP contribution in [0.1, 0.15) is 5.56 Å². The molecule has 0 saturated heterocycles. The Morgan fingerprint density at radius 1 is 1.17 bits per heavy atom. The normalized spacial score (nSPS) is 11.1. The summed E-state index contributed by atoms with van der Waals surface area (Å²) in [6.45, 7) is 1.85. The van der Waals surface area contributed by atoms with Gasteiger partial charge in [0.1, 0.15) is 24.7 Å². The van der Waals surface area contributed by atoms with Gasteiger partial charge in [-0.25, -0.2) is 8.42 Å². The van der Waals surface area contributed by atoms with Gasteiger partial charge in [-0.2, -0.15) is 0 Å². The van der Waals surface area contributed by atoms with E-state index in [-0.39, 0.29) is 24.6 Å². The molecule has 0 radical (unpaired) electrons. The molecule has 0 aliphatic carbocycles. The smallest absolute Gasteiger partial charge is 0.240 e. The van der Waals surface area contributed by atoms with Crippen molar-refractivity contribution < 1.29 is 22.7 Å². The largest absolute Gasteiger partial charge is 0.495 e. The number of nitrogens with one attached hydrogen (secondary N) is 1. The molecule has 0 spiro atoms. The summed E-state index contributed by atoms with van der Waals surface area (Å²) in [7, 11) is -2.35. The molecule has 10 heteroatoms. The van der Waals surface area contributed by atoms with Crippen LogP contribution >= 0.6 is 23.2 Å². The average molecular weight is 461 g/mol. The van der Waals surface area contributed by atoms with E-state index in [1.165, 1.54) is 19.2 Å². The molecular weight excluding hydrogens is 439 g/mol. The summed E-state index contributed by atoms with van der Waals surface area (Å²) in [5.74, 6) is 0.367. The van der Waals surface area contributed by atoms with Gasteiger partial charge >= 0.3 is 0 Å². The zero-order valence-corrected chi connectivity index (χ0v) is 18.6. The summed E-state index contributed by atoms with van der Waals surface area (Å²) >= 11 is 12.0. The molecule has 0 fully saturated rings. The Morgan fingerprint density at radius 3 is 2.52 bits per heavy atom. The highest BCUT2D eigenvalue weighted by molar-refractivity contribution is 7.92. The number of methoxy groups -OCH3 is 1. The number of amides is 1. The van der Waals surface area contributed by atoms with Gasteiger partial charge < -0.3 is 14.8 Å². The van der Waals surface area contributed by atoms with Gasteiger partial charge in [-0.3, -0.25) is 9.10 Å². The van der Waals surface area contributed by atoms with Crippen LogP contribution in [-0.2, 0) is 14.8 Å². The molecule has 0 aliphatic heterocycles. The Hall–Kier alpha value is -2.16. The highest BCUT2D eigenvalue weighted by Gasteiger charge is 2.24. The Morgan fingerprint density at radius 2 is 1.90 bits per heavy atom. The maximum atomic E-state index is 12.3. The maximum Gasteiger partial charge on any atom is 0.240 e. The summed E-state index contributed by atoms with van der Waals surface area (Å²) < 4.78 is 36.1. The van der Waals surface area contributed by atoms with E-state index in [1.807, 2.05) is 13.0 Å². The van der Waals surface area contributed by atoms with Gasteiger partial charge in [0.15, 0.2) is 0 Å². The molecule has 158 valence electrons. The first-order chi connectivity index (χ1) is 13.6. The number of aryl methyl sites for hydroxylation is 1. The number of carbonyl (C=O) groups excluding carboxylic acids is 1. The zero-order chi connectivity index (χ0) is 21.6. The van der Waals surface area contributed by atoms with E-state index in [2.05, 4.69) is 5.32 Å². The third-order valence-electron chi connectivity index (χ3n) is 3.93. The number of nitrogens with zero attached hydrogens (tertiary/aromatic N) is 1. The first kappa shape index (κ1) is 23.1. The summed E-state index contributed by atoms with van der Waals surface area (Å²) in [5.41, 5.74) is 1.12. The summed E-state index contributed by atoms with van der Waals surface area (Å²) in [6, 6.07) is 9.83. The van der Waals surface area contributed by atoms with Crippen LogP contribution in [0.4, 0.5) is 5.69 Å². The van der Waals surface area contributed by atoms with Crippen LogP contribution in [0.5, 0.6) is 11.5 Å². The molecule has 0 unspecified atom stereocenters. The molecule has 2 aromatic rings. The second kappa shape index (κ2) is 10.0. The van der Waals surface area contributed by atoms with Crippen LogP contribution in [0.15, 0.2) is 36.4 Å². The van der Waals surface area contributed by atoms with Crippen LogP contribution in [0.25, 0.3) is 0 Å². The molecule has 0 heterocycles. The highest BCUT2D eigenvalue weighted by atomic mass is 35.5. The van der Waals surface area contributed by atoms with Gasteiger partial charge in [0, 0.05) is 10.0 Å². The number of hydrogen-bond donors (Lipinski definition) is 1. The lowest BCUT2D eigenvalue weighted by Crippen LogP contribution is -2.41. The average Bonchev–Trinajstić information content (AvgIpc) is 2.65. The number of hydrogen-bond acceptors (Lipinski definition) is 5. The molecule has 2 aromatic carbocycles. The van der Waals surface area contributed by atoms with Crippen LogP contribution in [0, 0.1) is 6.92 Å². The third kappa shape index (κ3) is 6.69. The number of rotatable bonds is 9. The molecule has 0 bridgehead atoms. The van der Waals surface area contributed by atoms with Crippen molar-refractivity contribution in [2.45, 2.75) is 6.92 Å². The summed E-state index contributed by atoms with van der Waals surface area (Å²) in [4.78, 5) is 12.3. The van der Waals surface area contributed by atoms with Crippen molar-refractivity contribution in [3.8, 4) is 11.5 Å². The Balaban J connectivity index is 1.99. The number of anilines is 1. The Labute approximate surface area is 180 Å². The monoisotopic (exact) mass is 460 g/mol. The fraction of sp³-hybridized carbons (Fsp3) is 0.316. The first-order valence-electron chi connectivity index (χ1n) is 8.58. The topological polar surface area (TPSA) is 84.9 Å². The zero-order valence-electron chi connectivity index (χ0n) is 16.2. The fourth-order valence-corrected chi connectivity index (χ4v) is 3.64. The number of ether oxygens (including phenoxy) is 2.